The number of aliphatic hydroxyl groups is 1. The van der Waals surface area contributed by atoms with Gasteiger partial charge in [-0.25, -0.2) is 0 Å². The van der Waals surface area contributed by atoms with Crippen LogP contribution in [0, 0.1) is 0 Å². The summed E-state index contributed by atoms with van der Waals surface area (Å²) in [5.74, 6) is 1.87. The average molecular weight is 459 g/mol. The second-order valence-corrected chi connectivity index (χ2v) is 6.87. The molecular formula is C19H30IN3O2. The summed E-state index contributed by atoms with van der Waals surface area (Å²) in [7, 11) is 0. The van der Waals surface area contributed by atoms with Crippen molar-refractivity contribution < 1.29 is 9.84 Å². The van der Waals surface area contributed by atoms with Crippen molar-refractivity contribution in [1.29, 1.82) is 0 Å². The number of piperidine rings is 1. The van der Waals surface area contributed by atoms with Crippen LogP contribution in [-0.2, 0) is 0 Å². The van der Waals surface area contributed by atoms with Gasteiger partial charge in [0, 0.05) is 32.5 Å². The molecule has 3 rings (SSSR count). The second kappa shape index (κ2) is 9.62. The third-order valence-electron chi connectivity index (χ3n) is 4.93. The minimum atomic E-state index is -0.560. The van der Waals surface area contributed by atoms with Crippen LogP contribution in [0.1, 0.15) is 39.0 Å². The molecule has 0 radical (unpaired) electrons. The number of nitrogens with one attached hydrogen (secondary N) is 1. The molecule has 2 N–H and O–H groups in total. The van der Waals surface area contributed by atoms with Crippen LogP contribution in [-0.4, -0.2) is 53.9 Å². The van der Waals surface area contributed by atoms with Crippen LogP contribution in [0.2, 0.25) is 0 Å². The number of para-hydroxylation sites is 1. The Labute approximate surface area is 167 Å². The maximum atomic E-state index is 10.3. The molecule has 1 aliphatic carbocycles. The van der Waals surface area contributed by atoms with Crippen LogP contribution >= 0.6 is 24.0 Å². The molecule has 1 saturated carbocycles. The quantitative estimate of drug-likeness (QED) is 0.404. The van der Waals surface area contributed by atoms with Crippen molar-refractivity contribution in [2.75, 3.05) is 26.2 Å². The zero-order valence-electron chi connectivity index (χ0n) is 15.0. The highest BCUT2D eigenvalue weighted by Crippen LogP contribution is 2.31. The van der Waals surface area contributed by atoms with Crippen LogP contribution in [0.25, 0.3) is 0 Å². The van der Waals surface area contributed by atoms with Crippen molar-refractivity contribution in [3.05, 3.63) is 30.3 Å². The minimum absolute atomic E-state index is 0. The summed E-state index contributed by atoms with van der Waals surface area (Å²) in [5.41, 5.74) is -0.560. The highest BCUT2D eigenvalue weighted by molar-refractivity contribution is 14.0. The number of rotatable bonds is 5. The Kier molecular flexibility index (Phi) is 7.81. The fourth-order valence-electron chi connectivity index (χ4n) is 3.27. The standard InChI is InChI=1S/C19H29N3O2.HI/c1-2-20-18(21-15-19(23)11-6-12-19)22-13-9-17(10-14-22)24-16-7-4-3-5-8-16;/h3-5,7-8,17,23H,2,6,9-15H2,1H3,(H,20,21);1H. The molecule has 5 nitrogen and oxygen atoms in total. The van der Waals surface area contributed by atoms with Gasteiger partial charge < -0.3 is 20.1 Å². The maximum Gasteiger partial charge on any atom is 0.194 e. The third kappa shape index (κ3) is 5.74. The van der Waals surface area contributed by atoms with E-state index in [0.29, 0.717) is 6.54 Å². The van der Waals surface area contributed by atoms with E-state index in [2.05, 4.69) is 22.1 Å². The molecule has 2 aliphatic rings. The predicted molar refractivity (Wildman–Crippen MR) is 112 cm³/mol. The first-order valence-electron chi connectivity index (χ1n) is 9.16. The lowest BCUT2D eigenvalue weighted by Crippen LogP contribution is -2.48. The van der Waals surface area contributed by atoms with Gasteiger partial charge in [-0.05, 0) is 38.3 Å². The SMILES string of the molecule is CCNC(=NCC1(O)CCC1)N1CCC(Oc2ccccc2)CC1.I. The number of benzene rings is 1. The van der Waals surface area contributed by atoms with Crippen LogP contribution in [0.15, 0.2) is 35.3 Å². The molecule has 1 aromatic rings. The molecule has 0 unspecified atom stereocenters. The number of aliphatic imine (C=N–C) groups is 1. The number of halogens is 1. The summed E-state index contributed by atoms with van der Waals surface area (Å²) in [4.78, 5) is 6.97. The predicted octanol–water partition coefficient (Wildman–Crippen LogP) is 3.03. The molecule has 1 aliphatic heterocycles. The Morgan fingerprint density at radius 3 is 2.52 bits per heavy atom. The van der Waals surface area contributed by atoms with E-state index in [1.807, 2.05) is 30.3 Å². The Hall–Kier alpha value is -1.02. The average Bonchev–Trinajstić information content (AvgIpc) is 2.59. The number of hydrogen-bond acceptors (Lipinski definition) is 3. The molecule has 0 amide bonds. The first-order chi connectivity index (χ1) is 11.7. The Balaban J connectivity index is 0.00000225. The van der Waals surface area contributed by atoms with E-state index in [0.717, 1.165) is 63.4 Å². The van der Waals surface area contributed by atoms with Crippen LogP contribution in [0.4, 0.5) is 0 Å². The number of guanidine groups is 1. The van der Waals surface area contributed by atoms with E-state index in [4.69, 9.17) is 4.74 Å². The van der Waals surface area contributed by atoms with Gasteiger partial charge in [0.1, 0.15) is 11.9 Å². The fraction of sp³-hybridized carbons (Fsp3) is 0.632. The molecule has 2 fully saturated rings. The molecule has 6 heteroatoms. The van der Waals surface area contributed by atoms with Gasteiger partial charge in [0.2, 0.25) is 0 Å². The Bertz CT molecular complexity index is 541. The van der Waals surface area contributed by atoms with Gasteiger partial charge in [-0.15, -0.1) is 24.0 Å². The van der Waals surface area contributed by atoms with Gasteiger partial charge in [0.15, 0.2) is 5.96 Å². The van der Waals surface area contributed by atoms with E-state index < -0.39 is 5.60 Å². The van der Waals surface area contributed by atoms with Gasteiger partial charge in [-0.2, -0.15) is 0 Å². The van der Waals surface area contributed by atoms with Crippen LogP contribution in [0.3, 0.4) is 0 Å². The highest BCUT2D eigenvalue weighted by Gasteiger charge is 2.34. The topological polar surface area (TPSA) is 57.1 Å². The Morgan fingerprint density at radius 1 is 1.28 bits per heavy atom. The minimum Gasteiger partial charge on any atom is -0.490 e. The number of ether oxygens (including phenoxy) is 1. The lowest BCUT2D eigenvalue weighted by atomic mass is 9.80. The van der Waals surface area contributed by atoms with Crippen LogP contribution in [0.5, 0.6) is 5.75 Å². The normalized spacial score (nSPS) is 20.4. The summed E-state index contributed by atoms with van der Waals surface area (Å²) >= 11 is 0. The van der Waals surface area contributed by atoms with Gasteiger partial charge in [0.05, 0.1) is 12.1 Å². The summed E-state index contributed by atoms with van der Waals surface area (Å²) in [6.45, 7) is 5.30. The monoisotopic (exact) mass is 459 g/mol. The molecule has 0 atom stereocenters. The summed E-state index contributed by atoms with van der Waals surface area (Å²) in [6.07, 6.45) is 5.12. The smallest absolute Gasteiger partial charge is 0.194 e. The number of nitrogens with zero attached hydrogens (tertiary/aromatic N) is 2. The van der Waals surface area contributed by atoms with Crippen molar-refractivity contribution in [1.82, 2.24) is 10.2 Å². The third-order valence-corrected chi connectivity index (χ3v) is 4.93. The molecule has 0 spiro atoms. The highest BCUT2D eigenvalue weighted by atomic mass is 127. The van der Waals surface area contributed by atoms with E-state index in [-0.39, 0.29) is 30.1 Å². The summed E-state index contributed by atoms with van der Waals surface area (Å²) in [6, 6.07) is 10.0. The maximum absolute atomic E-state index is 10.3. The molecule has 25 heavy (non-hydrogen) atoms. The van der Waals surface area contributed by atoms with Gasteiger partial charge >= 0.3 is 0 Å². The lowest BCUT2D eigenvalue weighted by Gasteiger charge is -2.37. The molecule has 0 bridgehead atoms. The molecular weight excluding hydrogens is 429 g/mol. The fourth-order valence-corrected chi connectivity index (χ4v) is 3.27. The first-order valence-corrected chi connectivity index (χ1v) is 9.16. The van der Waals surface area contributed by atoms with Gasteiger partial charge in [-0.3, -0.25) is 4.99 Å². The zero-order valence-corrected chi connectivity index (χ0v) is 17.3. The van der Waals surface area contributed by atoms with Gasteiger partial charge in [-0.1, -0.05) is 18.2 Å². The van der Waals surface area contributed by atoms with Crippen molar-refractivity contribution in [3.8, 4) is 5.75 Å². The summed E-state index contributed by atoms with van der Waals surface area (Å²) in [5, 5.41) is 13.6. The number of hydrogen-bond donors (Lipinski definition) is 2. The van der Waals surface area contributed by atoms with Crippen LogP contribution < -0.4 is 10.1 Å². The van der Waals surface area contributed by atoms with E-state index >= 15 is 0 Å². The van der Waals surface area contributed by atoms with Crippen molar-refractivity contribution in [2.45, 2.75) is 50.7 Å². The second-order valence-electron chi connectivity index (χ2n) is 6.87. The molecule has 140 valence electrons. The van der Waals surface area contributed by atoms with E-state index in [1.54, 1.807) is 0 Å². The molecule has 1 saturated heterocycles. The molecule has 1 aromatic carbocycles. The molecule has 0 aromatic heterocycles. The van der Waals surface area contributed by atoms with E-state index in [1.165, 1.54) is 0 Å². The summed E-state index contributed by atoms with van der Waals surface area (Å²) < 4.78 is 6.06. The first kappa shape index (κ1) is 20.3. The molecule has 1 heterocycles. The largest absolute Gasteiger partial charge is 0.490 e. The Morgan fingerprint density at radius 2 is 1.96 bits per heavy atom. The van der Waals surface area contributed by atoms with Gasteiger partial charge in [0.25, 0.3) is 0 Å². The number of likely N-dealkylation sites (tertiary alicyclic amines) is 1. The lowest BCUT2D eigenvalue weighted by molar-refractivity contribution is -0.0238. The van der Waals surface area contributed by atoms with Crippen molar-refractivity contribution in [3.63, 3.8) is 0 Å². The zero-order chi connectivity index (χ0) is 16.8. The van der Waals surface area contributed by atoms with Crippen molar-refractivity contribution in [2.24, 2.45) is 4.99 Å². The van der Waals surface area contributed by atoms with E-state index in [9.17, 15) is 5.11 Å². The van der Waals surface area contributed by atoms with Crippen molar-refractivity contribution >= 4 is 29.9 Å².